The number of hydrogen-bond donors (Lipinski definition) is 0. The van der Waals surface area contributed by atoms with Gasteiger partial charge in [-0.15, -0.1) is 0 Å². The number of carbonyl (C=O) groups excluding carboxylic acids is 3. The zero-order valence-electron chi connectivity index (χ0n) is 21.6. The summed E-state index contributed by atoms with van der Waals surface area (Å²) in [7, 11) is 1.58. The third kappa shape index (κ3) is 3.24. The lowest BCUT2D eigenvalue weighted by molar-refractivity contribution is 0.0666. The Morgan fingerprint density at radius 3 is 2.10 bits per heavy atom. The molecule has 0 bridgehead atoms. The topological polar surface area (TPSA) is 63.7 Å². The number of carbonyl (C=O) groups is 3. The second kappa shape index (κ2) is 9.04. The normalized spacial score (nSPS) is 21.8. The van der Waals surface area contributed by atoms with E-state index in [-0.39, 0.29) is 17.3 Å². The Bertz CT molecular complexity index is 1690. The number of halogens is 1. The van der Waals surface area contributed by atoms with Crippen LogP contribution in [0.4, 0.5) is 5.69 Å². The fourth-order valence-electron chi connectivity index (χ4n) is 6.89. The van der Waals surface area contributed by atoms with Crippen LogP contribution in [0.2, 0.25) is 5.02 Å². The molecule has 0 radical (unpaired) electrons. The molecule has 2 heterocycles. The minimum absolute atomic E-state index is 0.180. The van der Waals surface area contributed by atoms with Gasteiger partial charge in [-0.3, -0.25) is 14.4 Å². The number of benzene rings is 4. The number of nitrogens with zero attached hydrogens (tertiary/aromatic N) is 1. The second-order valence-corrected chi connectivity index (χ2v) is 10.8. The number of ketones is 3. The summed E-state index contributed by atoms with van der Waals surface area (Å²) in [5.74, 6) is -0.804. The summed E-state index contributed by atoms with van der Waals surface area (Å²) in [5, 5.41) is 0.520. The SMILES string of the molecule is COc1ccc([C@@H]2[C@@H](C(=O)c3ccc(Cl)cc3)N3c4ccccc4C=CC3C23C(=O)c2ccccc2C3=O)cc1. The standard InChI is InChI=1S/C34H24ClNO4/c1-40-24-17-12-21(13-18-24)29-30(31(37)22-10-15-23(35)16-11-22)36-27-9-5-2-6-20(27)14-19-28(36)34(29)32(38)25-7-3-4-8-26(25)33(34)39/h2-19,28-30H,1H3/t28?,29-,30+/m1/s1. The number of rotatable bonds is 4. The number of Topliss-reactive ketones (excluding diaryl/α,β-unsaturated/α-hetero) is 3. The van der Waals surface area contributed by atoms with Crippen molar-refractivity contribution in [2.24, 2.45) is 5.41 Å². The molecular formula is C34H24ClNO4. The highest BCUT2D eigenvalue weighted by atomic mass is 35.5. The summed E-state index contributed by atoms with van der Waals surface area (Å²) < 4.78 is 5.40. The average molecular weight is 546 g/mol. The molecule has 1 fully saturated rings. The fraction of sp³-hybridized carbons (Fsp3) is 0.147. The van der Waals surface area contributed by atoms with E-state index in [9.17, 15) is 14.4 Å². The molecule has 40 heavy (non-hydrogen) atoms. The van der Waals surface area contributed by atoms with Gasteiger partial charge in [0.25, 0.3) is 0 Å². The quantitative estimate of drug-likeness (QED) is 0.212. The molecule has 1 unspecified atom stereocenters. The van der Waals surface area contributed by atoms with Gasteiger partial charge < -0.3 is 9.64 Å². The number of methoxy groups -OCH3 is 1. The molecule has 0 amide bonds. The van der Waals surface area contributed by atoms with Gasteiger partial charge in [0.2, 0.25) is 0 Å². The van der Waals surface area contributed by atoms with E-state index < -0.39 is 23.4 Å². The molecule has 3 aliphatic rings. The third-order valence-corrected chi connectivity index (χ3v) is 8.84. The Kier molecular flexibility index (Phi) is 5.55. The lowest BCUT2D eigenvalue weighted by Crippen LogP contribution is -2.48. The largest absolute Gasteiger partial charge is 0.497 e. The van der Waals surface area contributed by atoms with Crippen molar-refractivity contribution in [3.05, 3.63) is 136 Å². The van der Waals surface area contributed by atoms with Gasteiger partial charge in [-0.1, -0.05) is 78.4 Å². The lowest BCUT2D eigenvalue weighted by Gasteiger charge is -2.37. The van der Waals surface area contributed by atoms with Gasteiger partial charge in [0.1, 0.15) is 17.2 Å². The van der Waals surface area contributed by atoms with E-state index in [0.717, 1.165) is 16.8 Å². The van der Waals surface area contributed by atoms with Crippen LogP contribution < -0.4 is 9.64 Å². The first-order valence-electron chi connectivity index (χ1n) is 13.1. The van der Waals surface area contributed by atoms with Gasteiger partial charge in [0.15, 0.2) is 17.3 Å². The van der Waals surface area contributed by atoms with Crippen LogP contribution in [0.5, 0.6) is 5.75 Å². The number of para-hydroxylation sites is 1. The van der Waals surface area contributed by atoms with Gasteiger partial charge in [-0.05, 0) is 53.6 Å². The zero-order chi connectivity index (χ0) is 27.6. The van der Waals surface area contributed by atoms with Crippen LogP contribution in [0.1, 0.15) is 48.1 Å². The smallest absolute Gasteiger partial charge is 0.185 e. The molecule has 1 saturated heterocycles. The van der Waals surface area contributed by atoms with Crippen molar-refractivity contribution in [3.8, 4) is 5.75 Å². The molecule has 4 aromatic rings. The molecule has 3 atom stereocenters. The molecule has 196 valence electrons. The maximum Gasteiger partial charge on any atom is 0.185 e. The predicted molar refractivity (Wildman–Crippen MR) is 155 cm³/mol. The summed E-state index contributed by atoms with van der Waals surface area (Å²) in [4.78, 5) is 45.8. The van der Waals surface area contributed by atoms with Gasteiger partial charge in [-0.25, -0.2) is 0 Å². The summed E-state index contributed by atoms with van der Waals surface area (Å²) in [5.41, 5.74) is 2.20. The van der Waals surface area contributed by atoms with Crippen LogP contribution in [0.15, 0.2) is 103 Å². The molecular weight excluding hydrogens is 522 g/mol. The molecule has 0 aromatic heterocycles. The predicted octanol–water partition coefficient (Wildman–Crippen LogP) is 6.66. The summed E-state index contributed by atoms with van der Waals surface area (Å²) in [6, 6.07) is 27.4. The average Bonchev–Trinajstić information content (AvgIpc) is 3.43. The van der Waals surface area contributed by atoms with E-state index in [1.54, 1.807) is 55.6 Å². The first kappa shape index (κ1) is 24.6. The van der Waals surface area contributed by atoms with Crippen LogP contribution in [-0.2, 0) is 0 Å². The van der Waals surface area contributed by atoms with E-state index in [1.807, 2.05) is 65.6 Å². The molecule has 2 aliphatic heterocycles. The molecule has 4 aromatic carbocycles. The molecule has 1 spiro atoms. The monoisotopic (exact) mass is 545 g/mol. The van der Waals surface area contributed by atoms with E-state index in [0.29, 0.717) is 27.5 Å². The Labute approximate surface area is 236 Å². The Hall–Kier alpha value is -4.48. The van der Waals surface area contributed by atoms with Gasteiger partial charge in [0, 0.05) is 33.3 Å². The summed E-state index contributed by atoms with van der Waals surface area (Å²) in [6.45, 7) is 0. The minimum atomic E-state index is -1.53. The van der Waals surface area contributed by atoms with Crippen molar-refractivity contribution < 1.29 is 19.1 Å². The molecule has 0 saturated carbocycles. The molecule has 1 aliphatic carbocycles. The number of hydrogen-bond acceptors (Lipinski definition) is 5. The highest BCUT2D eigenvalue weighted by Crippen LogP contribution is 2.61. The Morgan fingerprint density at radius 2 is 1.45 bits per heavy atom. The van der Waals surface area contributed by atoms with Crippen LogP contribution in [0, 0.1) is 5.41 Å². The number of ether oxygens (including phenoxy) is 1. The van der Waals surface area contributed by atoms with Gasteiger partial charge in [0.05, 0.1) is 13.2 Å². The minimum Gasteiger partial charge on any atom is -0.497 e. The van der Waals surface area contributed by atoms with E-state index in [1.165, 1.54) is 0 Å². The van der Waals surface area contributed by atoms with E-state index in [4.69, 9.17) is 16.3 Å². The van der Waals surface area contributed by atoms with Crippen molar-refractivity contribution in [3.63, 3.8) is 0 Å². The van der Waals surface area contributed by atoms with Crippen molar-refractivity contribution in [2.75, 3.05) is 12.0 Å². The highest BCUT2D eigenvalue weighted by Gasteiger charge is 2.71. The zero-order valence-corrected chi connectivity index (χ0v) is 22.3. The van der Waals surface area contributed by atoms with Crippen molar-refractivity contribution in [1.82, 2.24) is 0 Å². The van der Waals surface area contributed by atoms with Crippen LogP contribution >= 0.6 is 11.6 Å². The Balaban J connectivity index is 1.53. The first-order chi connectivity index (χ1) is 19.5. The summed E-state index contributed by atoms with van der Waals surface area (Å²) in [6.07, 6.45) is 3.89. The third-order valence-electron chi connectivity index (χ3n) is 8.59. The van der Waals surface area contributed by atoms with Gasteiger partial charge >= 0.3 is 0 Å². The van der Waals surface area contributed by atoms with E-state index in [2.05, 4.69) is 0 Å². The molecule has 6 heteroatoms. The molecule has 5 nitrogen and oxygen atoms in total. The second-order valence-electron chi connectivity index (χ2n) is 10.4. The van der Waals surface area contributed by atoms with Crippen molar-refractivity contribution in [1.29, 1.82) is 0 Å². The lowest BCUT2D eigenvalue weighted by atomic mass is 9.64. The molecule has 7 rings (SSSR count). The first-order valence-corrected chi connectivity index (χ1v) is 13.5. The van der Waals surface area contributed by atoms with Gasteiger partial charge in [-0.2, -0.15) is 0 Å². The number of fused-ring (bicyclic) bond motifs is 5. The highest BCUT2D eigenvalue weighted by molar-refractivity contribution is 6.32. The van der Waals surface area contributed by atoms with E-state index >= 15 is 0 Å². The molecule has 0 N–H and O–H groups in total. The van der Waals surface area contributed by atoms with Crippen LogP contribution in [0.25, 0.3) is 6.08 Å². The fourth-order valence-corrected chi connectivity index (χ4v) is 7.01. The van der Waals surface area contributed by atoms with Crippen molar-refractivity contribution >= 4 is 40.7 Å². The summed E-state index contributed by atoms with van der Waals surface area (Å²) >= 11 is 6.16. The number of anilines is 1. The van der Waals surface area contributed by atoms with Crippen LogP contribution in [-0.4, -0.2) is 36.5 Å². The van der Waals surface area contributed by atoms with Crippen LogP contribution in [0.3, 0.4) is 0 Å². The Morgan fingerprint density at radius 1 is 0.825 bits per heavy atom. The maximum absolute atomic E-state index is 14.6. The van der Waals surface area contributed by atoms with Crippen molar-refractivity contribution in [2.45, 2.75) is 18.0 Å². The maximum atomic E-state index is 14.6.